The van der Waals surface area contributed by atoms with Crippen LogP contribution in [0.15, 0.2) is 164 Å². The maximum absolute atomic E-state index is 5.13. The van der Waals surface area contributed by atoms with Crippen molar-refractivity contribution in [3.05, 3.63) is 164 Å². The summed E-state index contributed by atoms with van der Waals surface area (Å²) in [6.07, 6.45) is 0. The molecule has 49 heavy (non-hydrogen) atoms. The third-order valence-electron chi connectivity index (χ3n) is 9.48. The van der Waals surface area contributed by atoms with Crippen LogP contribution in [0.1, 0.15) is 0 Å². The van der Waals surface area contributed by atoms with E-state index in [2.05, 4.69) is 127 Å². The molecule has 2 heterocycles. The second kappa shape index (κ2) is 11.3. The molecule has 228 valence electrons. The van der Waals surface area contributed by atoms with Gasteiger partial charge in [0.05, 0.1) is 0 Å². The Hall–Kier alpha value is -5.93. The molecule has 0 bridgehead atoms. The molecule has 0 saturated heterocycles. The van der Waals surface area contributed by atoms with Gasteiger partial charge in [0.2, 0.25) is 0 Å². The Morgan fingerprint density at radius 1 is 0.327 bits per heavy atom. The number of aromatic nitrogens is 3. The van der Waals surface area contributed by atoms with Crippen LogP contribution in [0.4, 0.5) is 0 Å². The first kappa shape index (κ1) is 28.1. The fourth-order valence-electron chi connectivity index (χ4n) is 7.15. The molecule has 0 unspecified atom stereocenters. The second-order valence-electron chi connectivity index (χ2n) is 12.4. The number of rotatable bonds is 4. The van der Waals surface area contributed by atoms with Crippen LogP contribution in [0.25, 0.3) is 96.9 Å². The van der Waals surface area contributed by atoms with E-state index in [0.717, 1.165) is 27.5 Å². The Bertz CT molecular complexity index is 2820. The Morgan fingerprint density at radius 2 is 0.898 bits per heavy atom. The van der Waals surface area contributed by atoms with Gasteiger partial charge in [-0.2, -0.15) is 0 Å². The molecule has 0 saturated carbocycles. The van der Waals surface area contributed by atoms with E-state index in [1.165, 1.54) is 52.0 Å². The zero-order valence-electron chi connectivity index (χ0n) is 26.3. The minimum atomic E-state index is 0.130. The van der Waals surface area contributed by atoms with Gasteiger partial charge in [-0.3, -0.25) is 0 Å². The molecule has 0 aliphatic rings. The fourth-order valence-corrected chi connectivity index (χ4v) is 10.1. The summed E-state index contributed by atoms with van der Waals surface area (Å²) in [6.45, 7) is 0. The van der Waals surface area contributed by atoms with Crippen molar-refractivity contribution in [1.82, 2.24) is 15.0 Å². The summed E-state index contributed by atoms with van der Waals surface area (Å²) in [5, 5.41) is 10.3. The van der Waals surface area contributed by atoms with Crippen molar-refractivity contribution < 1.29 is 0 Å². The maximum atomic E-state index is 5.13. The van der Waals surface area contributed by atoms with Crippen LogP contribution in [-0.2, 0) is 0 Å². The summed E-state index contributed by atoms with van der Waals surface area (Å²) >= 11 is 0.130. The summed E-state index contributed by atoms with van der Waals surface area (Å²) in [5.74, 6) is 2.00. The number of hydrogen-bond donors (Lipinski definition) is 0. The van der Waals surface area contributed by atoms with Crippen LogP contribution in [0.3, 0.4) is 0 Å². The molecule has 0 amide bonds. The van der Waals surface area contributed by atoms with Crippen molar-refractivity contribution in [3.8, 4) is 45.3 Å². The third-order valence-corrected chi connectivity index (χ3v) is 12.2. The van der Waals surface area contributed by atoms with Gasteiger partial charge >= 0.3 is 290 Å². The Balaban J connectivity index is 1.24. The van der Waals surface area contributed by atoms with E-state index in [1.54, 1.807) is 0 Å². The molecule has 8 aromatic carbocycles. The fraction of sp³-hybridized carbons (Fsp3) is 0. The molecular formula is C45H27N3Se. The molecule has 0 aliphatic carbocycles. The van der Waals surface area contributed by atoms with Crippen LogP contribution in [0.2, 0.25) is 0 Å². The Morgan fingerprint density at radius 3 is 1.65 bits per heavy atom. The molecular weight excluding hydrogens is 661 g/mol. The summed E-state index contributed by atoms with van der Waals surface area (Å²) in [4.78, 5) is 15.2. The van der Waals surface area contributed by atoms with Crippen LogP contribution in [0.5, 0.6) is 0 Å². The van der Waals surface area contributed by atoms with Crippen LogP contribution >= 0.6 is 0 Å². The summed E-state index contributed by atoms with van der Waals surface area (Å²) in [7, 11) is 0. The van der Waals surface area contributed by atoms with Gasteiger partial charge in [-0.05, 0) is 0 Å². The number of nitrogens with zero attached hydrogens (tertiary/aromatic N) is 3. The first-order valence-corrected chi connectivity index (χ1v) is 18.2. The molecule has 10 rings (SSSR count). The van der Waals surface area contributed by atoms with Gasteiger partial charge in [0, 0.05) is 0 Å². The molecule has 3 nitrogen and oxygen atoms in total. The van der Waals surface area contributed by atoms with E-state index in [-0.39, 0.29) is 14.5 Å². The van der Waals surface area contributed by atoms with E-state index in [1.807, 2.05) is 36.4 Å². The van der Waals surface area contributed by atoms with Gasteiger partial charge in [-0.15, -0.1) is 0 Å². The topological polar surface area (TPSA) is 38.7 Å². The molecule has 0 N–H and O–H groups in total. The van der Waals surface area contributed by atoms with Gasteiger partial charge in [0.1, 0.15) is 0 Å². The van der Waals surface area contributed by atoms with Gasteiger partial charge in [-0.25, -0.2) is 0 Å². The van der Waals surface area contributed by atoms with Crippen LogP contribution < -0.4 is 0 Å². The number of hydrogen-bond acceptors (Lipinski definition) is 3. The average Bonchev–Trinajstić information content (AvgIpc) is 3.57. The molecule has 2 aromatic heterocycles. The van der Waals surface area contributed by atoms with Crippen molar-refractivity contribution in [1.29, 1.82) is 0 Å². The van der Waals surface area contributed by atoms with Crippen molar-refractivity contribution in [2.24, 2.45) is 0 Å². The average molecular weight is 689 g/mol. The van der Waals surface area contributed by atoms with Crippen molar-refractivity contribution >= 4 is 66.1 Å². The Labute approximate surface area is 288 Å². The Kier molecular flexibility index (Phi) is 6.51. The quantitative estimate of drug-likeness (QED) is 0.136. The first-order chi connectivity index (χ1) is 24.3. The summed E-state index contributed by atoms with van der Waals surface area (Å²) in [6, 6.07) is 58.3. The van der Waals surface area contributed by atoms with Crippen LogP contribution in [0, 0.1) is 0 Å². The monoisotopic (exact) mass is 689 g/mol. The van der Waals surface area contributed by atoms with Gasteiger partial charge in [0.15, 0.2) is 0 Å². The van der Waals surface area contributed by atoms with Crippen LogP contribution in [-0.4, -0.2) is 29.5 Å². The molecule has 0 aliphatic heterocycles. The van der Waals surface area contributed by atoms with E-state index in [0.29, 0.717) is 17.5 Å². The molecule has 0 spiro atoms. The molecule has 4 heteroatoms. The zero-order valence-corrected chi connectivity index (χ0v) is 28.1. The van der Waals surface area contributed by atoms with E-state index >= 15 is 0 Å². The van der Waals surface area contributed by atoms with Crippen molar-refractivity contribution in [2.75, 3.05) is 0 Å². The standard InChI is InChI=1S/C45H27N3Se/c1-3-13-30(14-4-1)43-46-44(31-15-5-2-6-16-31)48-45(47-43)39-27-33(26-32-17-8-9-18-34(32)39)36-20-11-21-37-38-25-24-29-23-22-28-12-7-10-19-35(28)40(29)42(38)49-41(36)37/h1-27H. The van der Waals surface area contributed by atoms with Gasteiger partial charge < -0.3 is 0 Å². The predicted molar refractivity (Wildman–Crippen MR) is 206 cm³/mol. The van der Waals surface area contributed by atoms with Crippen molar-refractivity contribution in [2.45, 2.75) is 0 Å². The third kappa shape index (κ3) is 4.69. The zero-order chi connectivity index (χ0) is 32.3. The van der Waals surface area contributed by atoms with Gasteiger partial charge in [-0.1, -0.05) is 0 Å². The van der Waals surface area contributed by atoms with Gasteiger partial charge in [0.25, 0.3) is 0 Å². The summed E-state index contributed by atoms with van der Waals surface area (Å²) in [5.41, 5.74) is 5.38. The number of benzene rings is 8. The molecule has 10 aromatic rings. The minimum absolute atomic E-state index is 0.130. The molecule has 0 atom stereocenters. The second-order valence-corrected chi connectivity index (χ2v) is 14.5. The normalized spacial score (nSPS) is 11.7. The van der Waals surface area contributed by atoms with E-state index in [9.17, 15) is 0 Å². The van der Waals surface area contributed by atoms with Crippen molar-refractivity contribution in [3.63, 3.8) is 0 Å². The SMILES string of the molecule is c1ccc(-c2nc(-c3ccccc3)nc(-c3cc(-c4cccc5c4[se]c4c5ccc5ccc6ccccc6c54)cc4ccccc34)n2)cc1. The van der Waals surface area contributed by atoms with E-state index < -0.39 is 0 Å². The number of fused-ring (bicyclic) bond motifs is 8. The predicted octanol–water partition coefficient (Wildman–Crippen LogP) is 11.4. The van der Waals surface area contributed by atoms with E-state index in [4.69, 9.17) is 15.0 Å². The summed E-state index contributed by atoms with van der Waals surface area (Å²) < 4.78 is 2.90. The first-order valence-electron chi connectivity index (χ1n) is 16.4. The molecule has 0 fully saturated rings. The molecule has 0 radical (unpaired) electrons.